The minimum Gasteiger partial charge on any atom is -0.493 e. The van der Waals surface area contributed by atoms with Gasteiger partial charge < -0.3 is 5.11 Å². The van der Waals surface area contributed by atoms with Gasteiger partial charge in [0.05, 0.1) is 0 Å². The van der Waals surface area contributed by atoms with Crippen LogP contribution in [0.2, 0.25) is 0 Å². The Kier molecular flexibility index (Phi) is 3.59. The van der Waals surface area contributed by atoms with Crippen molar-refractivity contribution in [3.05, 3.63) is 35.5 Å². The summed E-state index contributed by atoms with van der Waals surface area (Å²) in [6, 6.07) is 6.17. The maximum absolute atomic E-state index is 10.0. The number of hydrazine groups is 1. The van der Waals surface area contributed by atoms with Crippen LogP contribution in [0.5, 0.6) is 5.88 Å². The van der Waals surface area contributed by atoms with E-state index in [0.29, 0.717) is 5.92 Å². The Morgan fingerprint density at radius 1 is 1.35 bits per heavy atom. The maximum atomic E-state index is 10.0. The molecule has 3 rings (SSSR count). The Balaban J connectivity index is 2.13. The van der Waals surface area contributed by atoms with E-state index in [1.807, 2.05) is 17.1 Å². The molecule has 0 amide bonds. The SMILES string of the molecule is CCc1cnc(O)c2cccc(C3CCN(N)CC3)c12. The fourth-order valence-electron chi connectivity index (χ4n) is 3.21. The highest BCUT2D eigenvalue weighted by Gasteiger charge is 2.22. The lowest BCUT2D eigenvalue weighted by Crippen LogP contribution is -2.38. The fraction of sp³-hybridized carbons (Fsp3) is 0.438. The van der Waals surface area contributed by atoms with Gasteiger partial charge in [-0.1, -0.05) is 19.1 Å². The van der Waals surface area contributed by atoms with Crippen molar-refractivity contribution in [2.45, 2.75) is 32.1 Å². The van der Waals surface area contributed by atoms with Crippen LogP contribution in [0.3, 0.4) is 0 Å². The van der Waals surface area contributed by atoms with Gasteiger partial charge >= 0.3 is 0 Å². The minimum absolute atomic E-state index is 0.135. The number of aryl methyl sites for hydroxylation is 1. The molecular formula is C16H21N3O. The quantitative estimate of drug-likeness (QED) is 0.824. The van der Waals surface area contributed by atoms with Crippen LogP contribution in [0.1, 0.15) is 36.8 Å². The summed E-state index contributed by atoms with van der Waals surface area (Å²) in [5, 5.41) is 14.0. The lowest BCUT2D eigenvalue weighted by Gasteiger charge is -2.29. The molecule has 4 heteroatoms. The number of benzene rings is 1. The van der Waals surface area contributed by atoms with Crippen molar-refractivity contribution in [2.24, 2.45) is 5.84 Å². The summed E-state index contributed by atoms with van der Waals surface area (Å²) < 4.78 is 0. The lowest BCUT2D eigenvalue weighted by atomic mass is 9.85. The second kappa shape index (κ2) is 5.38. The van der Waals surface area contributed by atoms with E-state index < -0.39 is 0 Å². The average molecular weight is 271 g/mol. The van der Waals surface area contributed by atoms with Gasteiger partial charge in [-0.3, -0.25) is 5.84 Å². The highest BCUT2D eigenvalue weighted by atomic mass is 16.3. The van der Waals surface area contributed by atoms with E-state index in [-0.39, 0.29) is 5.88 Å². The number of nitrogens with two attached hydrogens (primary N) is 1. The Morgan fingerprint density at radius 3 is 2.80 bits per heavy atom. The van der Waals surface area contributed by atoms with Gasteiger partial charge in [0.25, 0.3) is 0 Å². The molecule has 106 valence electrons. The number of rotatable bonds is 2. The van der Waals surface area contributed by atoms with Crippen LogP contribution in [-0.4, -0.2) is 28.2 Å². The summed E-state index contributed by atoms with van der Waals surface area (Å²) in [5.74, 6) is 6.50. The van der Waals surface area contributed by atoms with Crippen LogP contribution in [0.15, 0.2) is 24.4 Å². The monoisotopic (exact) mass is 271 g/mol. The molecule has 0 aliphatic carbocycles. The van der Waals surface area contributed by atoms with Crippen LogP contribution in [0.4, 0.5) is 0 Å². The molecule has 1 aromatic heterocycles. The molecule has 0 bridgehead atoms. The average Bonchev–Trinajstić information content (AvgIpc) is 2.48. The van der Waals surface area contributed by atoms with Crippen molar-refractivity contribution in [3.8, 4) is 5.88 Å². The molecule has 1 aromatic carbocycles. The summed E-state index contributed by atoms with van der Waals surface area (Å²) in [6.45, 7) is 3.99. The van der Waals surface area contributed by atoms with Crippen LogP contribution >= 0.6 is 0 Å². The van der Waals surface area contributed by atoms with Crippen LogP contribution in [0, 0.1) is 0 Å². The normalized spacial score (nSPS) is 17.7. The van der Waals surface area contributed by atoms with E-state index in [9.17, 15) is 5.11 Å². The smallest absolute Gasteiger partial charge is 0.218 e. The van der Waals surface area contributed by atoms with Gasteiger partial charge in [0.15, 0.2) is 0 Å². The minimum atomic E-state index is 0.135. The van der Waals surface area contributed by atoms with E-state index in [1.165, 1.54) is 16.5 Å². The molecule has 1 aliphatic rings. The molecule has 0 radical (unpaired) electrons. The molecule has 1 fully saturated rings. The number of fused-ring (bicyclic) bond motifs is 1. The summed E-state index contributed by atoms with van der Waals surface area (Å²) in [6.07, 6.45) is 4.87. The Labute approximate surface area is 119 Å². The molecule has 0 spiro atoms. The van der Waals surface area contributed by atoms with Gasteiger partial charge in [0.2, 0.25) is 5.88 Å². The van der Waals surface area contributed by atoms with Crippen molar-refractivity contribution < 1.29 is 5.11 Å². The first kappa shape index (κ1) is 13.3. The number of piperidine rings is 1. The number of aromatic nitrogens is 1. The first-order valence-corrected chi connectivity index (χ1v) is 7.29. The van der Waals surface area contributed by atoms with Crippen molar-refractivity contribution in [1.82, 2.24) is 9.99 Å². The predicted octanol–water partition coefficient (Wildman–Crippen LogP) is 2.56. The van der Waals surface area contributed by atoms with Gasteiger partial charge in [-0.25, -0.2) is 9.99 Å². The Hall–Kier alpha value is -1.65. The molecule has 1 aliphatic heterocycles. The van der Waals surface area contributed by atoms with E-state index in [1.54, 1.807) is 6.20 Å². The van der Waals surface area contributed by atoms with Crippen LogP contribution in [-0.2, 0) is 6.42 Å². The second-order valence-corrected chi connectivity index (χ2v) is 5.54. The first-order chi connectivity index (χ1) is 9.70. The summed E-state index contributed by atoms with van der Waals surface area (Å²) >= 11 is 0. The molecule has 0 unspecified atom stereocenters. The topological polar surface area (TPSA) is 62.4 Å². The van der Waals surface area contributed by atoms with Crippen molar-refractivity contribution >= 4 is 10.8 Å². The summed E-state index contributed by atoms with van der Waals surface area (Å²) in [4.78, 5) is 4.10. The van der Waals surface area contributed by atoms with Crippen LogP contribution < -0.4 is 5.84 Å². The van der Waals surface area contributed by atoms with Crippen LogP contribution in [0.25, 0.3) is 10.8 Å². The van der Waals surface area contributed by atoms with Gasteiger partial charge in [-0.15, -0.1) is 0 Å². The molecule has 4 nitrogen and oxygen atoms in total. The highest BCUT2D eigenvalue weighted by molar-refractivity contribution is 5.92. The molecule has 2 heterocycles. The molecule has 0 atom stereocenters. The highest BCUT2D eigenvalue weighted by Crippen LogP contribution is 2.36. The zero-order valence-corrected chi connectivity index (χ0v) is 11.8. The molecular weight excluding hydrogens is 250 g/mol. The van der Waals surface area contributed by atoms with Crippen molar-refractivity contribution in [1.29, 1.82) is 0 Å². The molecule has 20 heavy (non-hydrogen) atoms. The second-order valence-electron chi connectivity index (χ2n) is 5.54. The third-order valence-electron chi connectivity index (χ3n) is 4.35. The molecule has 3 N–H and O–H groups in total. The Morgan fingerprint density at radius 2 is 2.10 bits per heavy atom. The van der Waals surface area contributed by atoms with Gasteiger partial charge in [0.1, 0.15) is 0 Å². The number of pyridine rings is 1. The van der Waals surface area contributed by atoms with Gasteiger partial charge in [0, 0.05) is 24.7 Å². The Bertz CT molecular complexity index is 618. The number of hydrogen-bond acceptors (Lipinski definition) is 4. The number of hydrogen-bond donors (Lipinski definition) is 2. The maximum Gasteiger partial charge on any atom is 0.218 e. The fourth-order valence-corrected chi connectivity index (χ4v) is 3.21. The number of nitrogens with zero attached hydrogens (tertiary/aromatic N) is 2. The summed E-state index contributed by atoms with van der Waals surface area (Å²) in [5.41, 5.74) is 2.55. The zero-order valence-electron chi connectivity index (χ0n) is 11.8. The zero-order chi connectivity index (χ0) is 14.1. The predicted molar refractivity (Wildman–Crippen MR) is 80.5 cm³/mol. The molecule has 1 saturated heterocycles. The van der Waals surface area contributed by atoms with Gasteiger partial charge in [-0.05, 0) is 47.8 Å². The van der Waals surface area contributed by atoms with Gasteiger partial charge in [-0.2, -0.15) is 0 Å². The third-order valence-corrected chi connectivity index (χ3v) is 4.35. The van der Waals surface area contributed by atoms with E-state index in [2.05, 4.69) is 18.0 Å². The lowest BCUT2D eigenvalue weighted by molar-refractivity contribution is 0.218. The van der Waals surface area contributed by atoms with Crippen molar-refractivity contribution in [2.75, 3.05) is 13.1 Å². The summed E-state index contributed by atoms with van der Waals surface area (Å²) in [7, 11) is 0. The number of aromatic hydroxyl groups is 1. The molecule has 2 aromatic rings. The standard InChI is InChI=1S/C16H21N3O/c1-2-11-10-18-16(20)14-5-3-4-13(15(11)14)12-6-8-19(17)9-7-12/h3-5,10,12H,2,6-9,17H2,1H3,(H,18,20). The van der Waals surface area contributed by atoms with E-state index >= 15 is 0 Å². The van der Waals surface area contributed by atoms with E-state index in [0.717, 1.165) is 37.7 Å². The van der Waals surface area contributed by atoms with Crippen molar-refractivity contribution in [3.63, 3.8) is 0 Å². The third kappa shape index (κ3) is 2.25. The molecule has 0 saturated carbocycles. The van der Waals surface area contributed by atoms with E-state index in [4.69, 9.17) is 5.84 Å². The first-order valence-electron chi connectivity index (χ1n) is 7.29. The largest absolute Gasteiger partial charge is 0.493 e.